The van der Waals surface area contributed by atoms with Crippen LogP contribution in [0.4, 0.5) is 0 Å². The number of carbonyl (C=O) groups is 2. The molecule has 2 heterocycles. The van der Waals surface area contributed by atoms with E-state index in [1.54, 1.807) is 0 Å². The maximum Gasteiger partial charge on any atom is 0.237 e. The van der Waals surface area contributed by atoms with Crippen molar-refractivity contribution in [3.8, 4) is 0 Å². The van der Waals surface area contributed by atoms with E-state index in [0.29, 0.717) is 13.1 Å². The van der Waals surface area contributed by atoms with Crippen molar-refractivity contribution in [2.24, 2.45) is 0 Å². The zero-order valence-electron chi connectivity index (χ0n) is 12.6. The summed E-state index contributed by atoms with van der Waals surface area (Å²) in [5.74, 6) is 0.119. The van der Waals surface area contributed by atoms with Crippen LogP contribution in [-0.2, 0) is 16.1 Å². The predicted octanol–water partition coefficient (Wildman–Crippen LogP) is 1.26. The van der Waals surface area contributed by atoms with Gasteiger partial charge in [0.25, 0.3) is 0 Å². The zero-order chi connectivity index (χ0) is 15.7. The molecule has 2 aliphatic rings. The van der Waals surface area contributed by atoms with E-state index in [1.807, 2.05) is 29.2 Å². The third-order valence-corrected chi connectivity index (χ3v) is 4.54. The Hall–Kier alpha value is -1.59. The zero-order valence-corrected chi connectivity index (χ0v) is 13.3. The van der Waals surface area contributed by atoms with Crippen LogP contribution < -0.4 is 5.32 Å². The molecule has 2 amide bonds. The summed E-state index contributed by atoms with van der Waals surface area (Å²) in [7, 11) is 0. The van der Waals surface area contributed by atoms with E-state index in [2.05, 4.69) is 10.2 Å². The van der Waals surface area contributed by atoms with Crippen molar-refractivity contribution < 1.29 is 9.59 Å². The SMILES string of the molecule is CC(=O)NC1CC2CN(Cc3ccc(Cl)cc3)CC(=O)N2C1. The van der Waals surface area contributed by atoms with Crippen molar-refractivity contribution in [3.63, 3.8) is 0 Å². The first kappa shape index (κ1) is 15.3. The summed E-state index contributed by atoms with van der Waals surface area (Å²) >= 11 is 5.90. The molecule has 1 aromatic rings. The Labute approximate surface area is 135 Å². The van der Waals surface area contributed by atoms with Gasteiger partial charge in [-0.25, -0.2) is 0 Å². The third-order valence-electron chi connectivity index (χ3n) is 4.29. The number of rotatable bonds is 3. The molecule has 0 bridgehead atoms. The number of hydrogen-bond acceptors (Lipinski definition) is 3. The van der Waals surface area contributed by atoms with Crippen LogP contribution >= 0.6 is 11.6 Å². The van der Waals surface area contributed by atoms with Gasteiger partial charge in [0.15, 0.2) is 0 Å². The first-order chi connectivity index (χ1) is 10.5. The van der Waals surface area contributed by atoms with Gasteiger partial charge in [0.05, 0.1) is 6.54 Å². The van der Waals surface area contributed by atoms with Crippen LogP contribution in [0.15, 0.2) is 24.3 Å². The van der Waals surface area contributed by atoms with Gasteiger partial charge in [-0.05, 0) is 24.1 Å². The molecule has 6 heteroatoms. The highest BCUT2D eigenvalue weighted by atomic mass is 35.5. The van der Waals surface area contributed by atoms with Crippen LogP contribution in [0, 0.1) is 0 Å². The number of hydrogen-bond donors (Lipinski definition) is 1. The molecule has 2 saturated heterocycles. The van der Waals surface area contributed by atoms with Crippen molar-refractivity contribution in [2.45, 2.75) is 32.0 Å². The van der Waals surface area contributed by atoms with E-state index in [9.17, 15) is 9.59 Å². The summed E-state index contributed by atoms with van der Waals surface area (Å²) in [5, 5.41) is 3.64. The van der Waals surface area contributed by atoms with Gasteiger partial charge in [-0.1, -0.05) is 23.7 Å². The Bertz CT molecular complexity index is 575. The van der Waals surface area contributed by atoms with E-state index in [4.69, 9.17) is 11.6 Å². The molecule has 1 N–H and O–H groups in total. The second-order valence-electron chi connectivity index (χ2n) is 6.13. The molecule has 0 spiro atoms. The number of fused-ring (bicyclic) bond motifs is 1. The summed E-state index contributed by atoms with van der Waals surface area (Å²) < 4.78 is 0. The second-order valence-corrected chi connectivity index (χ2v) is 6.57. The Morgan fingerprint density at radius 3 is 2.73 bits per heavy atom. The van der Waals surface area contributed by atoms with E-state index >= 15 is 0 Å². The highest BCUT2D eigenvalue weighted by Crippen LogP contribution is 2.24. The topological polar surface area (TPSA) is 52.7 Å². The van der Waals surface area contributed by atoms with Gasteiger partial charge < -0.3 is 10.2 Å². The van der Waals surface area contributed by atoms with Crippen molar-refractivity contribution in [1.82, 2.24) is 15.1 Å². The van der Waals surface area contributed by atoms with Crippen LogP contribution in [0.3, 0.4) is 0 Å². The molecule has 5 nitrogen and oxygen atoms in total. The van der Waals surface area contributed by atoms with Gasteiger partial charge >= 0.3 is 0 Å². The molecular weight excluding hydrogens is 302 g/mol. The maximum absolute atomic E-state index is 12.3. The number of piperazine rings is 1. The average molecular weight is 322 g/mol. The molecule has 118 valence electrons. The van der Waals surface area contributed by atoms with Crippen LogP contribution in [0.1, 0.15) is 18.9 Å². The summed E-state index contributed by atoms with van der Waals surface area (Å²) in [6, 6.07) is 8.02. The quantitative estimate of drug-likeness (QED) is 0.912. The minimum atomic E-state index is -0.0321. The molecule has 0 radical (unpaired) electrons. The smallest absolute Gasteiger partial charge is 0.237 e. The molecule has 3 rings (SSSR count). The number of nitrogens with one attached hydrogen (secondary N) is 1. The van der Waals surface area contributed by atoms with Gasteiger partial charge in [0, 0.05) is 43.7 Å². The monoisotopic (exact) mass is 321 g/mol. The van der Waals surface area contributed by atoms with E-state index in [0.717, 1.165) is 30.1 Å². The fourth-order valence-corrected chi connectivity index (χ4v) is 3.53. The lowest BCUT2D eigenvalue weighted by atomic mass is 10.1. The van der Waals surface area contributed by atoms with Gasteiger partial charge in [-0.15, -0.1) is 0 Å². The molecule has 2 aliphatic heterocycles. The number of halogens is 1. The highest BCUT2D eigenvalue weighted by Gasteiger charge is 2.40. The molecule has 1 aromatic carbocycles. The van der Waals surface area contributed by atoms with Crippen molar-refractivity contribution >= 4 is 23.4 Å². The lowest BCUT2D eigenvalue weighted by molar-refractivity contribution is -0.138. The summed E-state index contributed by atoms with van der Waals surface area (Å²) in [6.45, 7) is 4.19. The van der Waals surface area contributed by atoms with E-state index in [1.165, 1.54) is 6.92 Å². The van der Waals surface area contributed by atoms with Crippen molar-refractivity contribution in [3.05, 3.63) is 34.9 Å². The summed E-state index contributed by atoms with van der Waals surface area (Å²) in [4.78, 5) is 27.6. The fourth-order valence-electron chi connectivity index (χ4n) is 3.40. The number of benzene rings is 1. The standard InChI is InChI=1S/C16H20ClN3O2/c1-11(21)18-14-6-15-9-19(10-16(22)20(15)8-14)7-12-2-4-13(17)5-3-12/h2-5,14-15H,6-10H2,1H3,(H,18,21). The van der Waals surface area contributed by atoms with Crippen molar-refractivity contribution in [1.29, 1.82) is 0 Å². The molecular formula is C16H20ClN3O2. The van der Waals surface area contributed by atoms with Gasteiger partial charge in [0.1, 0.15) is 0 Å². The third kappa shape index (κ3) is 3.42. The fraction of sp³-hybridized carbons (Fsp3) is 0.500. The summed E-state index contributed by atoms with van der Waals surface area (Å²) in [6.07, 6.45) is 0.836. The van der Waals surface area contributed by atoms with Crippen LogP contribution in [-0.4, -0.2) is 53.3 Å². The average Bonchev–Trinajstić information content (AvgIpc) is 2.83. The van der Waals surface area contributed by atoms with Crippen LogP contribution in [0.2, 0.25) is 5.02 Å². The molecule has 0 aromatic heterocycles. The normalized spacial score (nSPS) is 25.2. The Morgan fingerprint density at radius 1 is 1.32 bits per heavy atom. The first-order valence-electron chi connectivity index (χ1n) is 7.54. The Balaban J connectivity index is 1.62. The number of carbonyl (C=O) groups excluding carboxylic acids is 2. The molecule has 2 fully saturated rings. The highest BCUT2D eigenvalue weighted by molar-refractivity contribution is 6.30. The number of nitrogens with zero attached hydrogens (tertiary/aromatic N) is 2. The Morgan fingerprint density at radius 2 is 2.05 bits per heavy atom. The summed E-state index contributed by atoms with van der Waals surface area (Å²) in [5.41, 5.74) is 1.15. The molecule has 22 heavy (non-hydrogen) atoms. The first-order valence-corrected chi connectivity index (χ1v) is 7.92. The minimum absolute atomic E-state index is 0.0321. The molecule has 2 atom stereocenters. The van der Waals surface area contributed by atoms with Crippen molar-refractivity contribution in [2.75, 3.05) is 19.6 Å². The van der Waals surface area contributed by atoms with Crippen LogP contribution in [0.5, 0.6) is 0 Å². The van der Waals surface area contributed by atoms with Gasteiger partial charge in [-0.3, -0.25) is 14.5 Å². The molecule has 0 saturated carbocycles. The molecule has 0 aliphatic carbocycles. The lowest BCUT2D eigenvalue weighted by Gasteiger charge is -2.36. The molecule has 2 unspecified atom stereocenters. The lowest BCUT2D eigenvalue weighted by Crippen LogP contribution is -2.53. The second kappa shape index (κ2) is 6.26. The predicted molar refractivity (Wildman–Crippen MR) is 84.5 cm³/mol. The van der Waals surface area contributed by atoms with E-state index in [-0.39, 0.29) is 23.9 Å². The maximum atomic E-state index is 12.3. The van der Waals surface area contributed by atoms with Gasteiger partial charge in [0.2, 0.25) is 11.8 Å². The van der Waals surface area contributed by atoms with Gasteiger partial charge in [-0.2, -0.15) is 0 Å². The minimum Gasteiger partial charge on any atom is -0.352 e. The van der Waals surface area contributed by atoms with E-state index < -0.39 is 0 Å². The Kier molecular flexibility index (Phi) is 4.36. The largest absolute Gasteiger partial charge is 0.352 e. The van der Waals surface area contributed by atoms with Crippen LogP contribution in [0.25, 0.3) is 0 Å². The number of amides is 2.